The minimum absolute atomic E-state index is 0.156. The number of benzene rings is 1. The van der Waals surface area contributed by atoms with E-state index in [4.69, 9.17) is 0 Å². The second kappa shape index (κ2) is 5.61. The van der Waals surface area contributed by atoms with E-state index in [1.165, 1.54) is 5.56 Å². The monoisotopic (exact) mass is 236 g/mol. The van der Waals surface area contributed by atoms with Gasteiger partial charge in [-0.15, -0.1) is 0 Å². The summed E-state index contributed by atoms with van der Waals surface area (Å²) in [7, 11) is 0. The van der Waals surface area contributed by atoms with Crippen LogP contribution in [0.25, 0.3) is 0 Å². The van der Waals surface area contributed by atoms with Crippen LogP contribution in [0.4, 0.5) is 4.39 Å². The molecule has 1 saturated heterocycles. The molecule has 0 saturated carbocycles. The Morgan fingerprint density at radius 3 is 2.76 bits per heavy atom. The van der Waals surface area contributed by atoms with Crippen LogP contribution in [0.1, 0.15) is 25.3 Å². The zero-order valence-electron chi connectivity index (χ0n) is 10.6. The SMILES string of the molecule is CC1CN(CC(C)c2ccc(F)cc2)CCN1. The molecule has 0 aromatic heterocycles. The fourth-order valence-corrected chi connectivity index (χ4v) is 2.46. The molecule has 1 aromatic carbocycles. The molecule has 17 heavy (non-hydrogen) atoms. The molecule has 3 heteroatoms. The minimum Gasteiger partial charge on any atom is -0.312 e. The van der Waals surface area contributed by atoms with E-state index in [1.807, 2.05) is 12.1 Å². The van der Waals surface area contributed by atoms with Gasteiger partial charge in [0.05, 0.1) is 0 Å². The van der Waals surface area contributed by atoms with Gasteiger partial charge in [-0.05, 0) is 30.5 Å². The van der Waals surface area contributed by atoms with Crippen molar-refractivity contribution in [3.63, 3.8) is 0 Å². The molecule has 2 nitrogen and oxygen atoms in total. The molecule has 1 aliphatic rings. The molecule has 1 N–H and O–H groups in total. The predicted molar refractivity (Wildman–Crippen MR) is 68.7 cm³/mol. The predicted octanol–water partition coefficient (Wildman–Crippen LogP) is 2.22. The van der Waals surface area contributed by atoms with Crippen LogP contribution in [0.5, 0.6) is 0 Å². The number of hydrogen-bond donors (Lipinski definition) is 1. The van der Waals surface area contributed by atoms with E-state index in [0.29, 0.717) is 12.0 Å². The van der Waals surface area contributed by atoms with Gasteiger partial charge in [-0.1, -0.05) is 19.1 Å². The minimum atomic E-state index is -0.156. The quantitative estimate of drug-likeness (QED) is 0.865. The number of hydrogen-bond acceptors (Lipinski definition) is 2. The molecular formula is C14H21FN2. The maximum atomic E-state index is 12.8. The third-order valence-electron chi connectivity index (χ3n) is 3.42. The molecule has 2 atom stereocenters. The second-order valence-electron chi connectivity index (χ2n) is 5.07. The van der Waals surface area contributed by atoms with E-state index in [0.717, 1.165) is 26.2 Å². The first kappa shape index (κ1) is 12.5. The highest BCUT2D eigenvalue weighted by Crippen LogP contribution is 2.17. The van der Waals surface area contributed by atoms with Gasteiger partial charge in [0.15, 0.2) is 0 Å². The van der Waals surface area contributed by atoms with Gasteiger partial charge >= 0.3 is 0 Å². The first-order chi connectivity index (χ1) is 8.15. The second-order valence-corrected chi connectivity index (χ2v) is 5.07. The van der Waals surface area contributed by atoms with Gasteiger partial charge in [0.25, 0.3) is 0 Å². The summed E-state index contributed by atoms with van der Waals surface area (Å²) < 4.78 is 12.8. The molecule has 0 amide bonds. The van der Waals surface area contributed by atoms with Gasteiger partial charge in [0.2, 0.25) is 0 Å². The number of rotatable bonds is 3. The number of nitrogens with one attached hydrogen (secondary N) is 1. The molecule has 2 rings (SSSR count). The Bertz CT molecular complexity index is 350. The standard InChI is InChI=1S/C14H21FN2/c1-11(13-3-5-14(15)6-4-13)9-17-8-7-16-12(2)10-17/h3-6,11-12,16H,7-10H2,1-2H3. The lowest BCUT2D eigenvalue weighted by Gasteiger charge is -2.33. The van der Waals surface area contributed by atoms with Gasteiger partial charge < -0.3 is 5.32 Å². The highest BCUT2D eigenvalue weighted by atomic mass is 19.1. The van der Waals surface area contributed by atoms with Crippen molar-refractivity contribution < 1.29 is 4.39 Å². The Kier molecular flexibility index (Phi) is 4.13. The van der Waals surface area contributed by atoms with Gasteiger partial charge in [0, 0.05) is 32.2 Å². The fraction of sp³-hybridized carbons (Fsp3) is 0.571. The van der Waals surface area contributed by atoms with Crippen LogP contribution < -0.4 is 5.32 Å². The van der Waals surface area contributed by atoms with Crippen molar-refractivity contribution in [3.05, 3.63) is 35.6 Å². The normalized spacial score (nSPS) is 23.6. The summed E-state index contributed by atoms with van der Waals surface area (Å²) in [4.78, 5) is 2.48. The van der Waals surface area contributed by atoms with Gasteiger partial charge in [-0.2, -0.15) is 0 Å². The molecule has 1 heterocycles. The highest BCUT2D eigenvalue weighted by Gasteiger charge is 2.18. The smallest absolute Gasteiger partial charge is 0.123 e. The summed E-state index contributed by atoms with van der Waals surface area (Å²) in [5, 5.41) is 3.44. The summed E-state index contributed by atoms with van der Waals surface area (Å²) in [5.41, 5.74) is 1.22. The Hall–Kier alpha value is -0.930. The van der Waals surface area contributed by atoms with E-state index in [9.17, 15) is 4.39 Å². The zero-order chi connectivity index (χ0) is 12.3. The summed E-state index contributed by atoms with van der Waals surface area (Å²) in [6.45, 7) is 8.75. The maximum Gasteiger partial charge on any atom is 0.123 e. The van der Waals surface area contributed by atoms with Crippen molar-refractivity contribution in [1.29, 1.82) is 0 Å². The molecule has 1 aromatic rings. The van der Waals surface area contributed by atoms with E-state index >= 15 is 0 Å². The average molecular weight is 236 g/mol. The van der Waals surface area contributed by atoms with Crippen LogP contribution >= 0.6 is 0 Å². The third-order valence-corrected chi connectivity index (χ3v) is 3.42. The summed E-state index contributed by atoms with van der Waals surface area (Å²) >= 11 is 0. The average Bonchev–Trinajstić information content (AvgIpc) is 2.29. The molecule has 0 bridgehead atoms. The lowest BCUT2D eigenvalue weighted by molar-refractivity contribution is 0.198. The van der Waals surface area contributed by atoms with Crippen LogP contribution in [-0.2, 0) is 0 Å². The van der Waals surface area contributed by atoms with Crippen LogP contribution in [0.3, 0.4) is 0 Å². The Morgan fingerprint density at radius 1 is 1.41 bits per heavy atom. The van der Waals surface area contributed by atoms with E-state index < -0.39 is 0 Å². The van der Waals surface area contributed by atoms with Gasteiger partial charge in [-0.25, -0.2) is 4.39 Å². The Balaban J connectivity index is 1.91. The molecule has 0 radical (unpaired) electrons. The molecule has 1 aliphatic heterocycles. The molecule has 94 valence electrons. The molecule has 0 aliphatic carbocycles. The Labute approximate surface area is 103 Å². The number of halogens is 1. The van der Waals surface area contributed by atoms with E-state index in [2.05, 4.69) is 24.1 Å². The Morgan fingerprint density at radius 2 is 2.12 bits per heavy atom. The lowest BCUT2D eigenvalue weighted by atomic mass is 10.00. The van der Waals surface area contributed by atoms with Gasteiger partial charge in [-0.3, -0.25) is 4.90 Å². The van der Waals surface area contributed by atoms with Crippen LogP contribution in [0.15, 0.2) is 24.3 Å². The van der Waals surface area contributed by atoms with Crippen molar-refractivity contribution >= 4 is 0 Å². The largest absolute Gasteiger partial charge is 0.312 e. The first-order valence-corrected chi connectivity index (χ1v) is 6.36. The van der Waals surface area contributed by atoms with Crippen LogP contribution in [0.2, 0.25) is 0 Å². The summed E-state index contributed by atoms with van der Waals surface area (Å²) in [6, 6.07) is 7.46. The number of nitrogens with zero attached hydrogens (tertiary/aromatic N) is 1. The van der Waals surface area contributed by atoms with E-state index in [1.54, 1.807) is 12.1 Å². The van der Waals surface area contributed by atoms with Crippen molar-refractivity contribution in [2.24, 2.45) is 0 Å². The van der Waals surface area contributed by atoms with Gasteiger partial charge in [0.1, 0.15) is 5.82 Å². The first-order valence-electron chi connectivity index (χ1n) is 6.36. The van der Waals surface area contributed by atoms with E-state index in [-0.39, 0.29) is 5.82 Å². The van der Waals surface area contributed by atoms with Crippen LogP contribution in [0, 0.1) is 5.82 Å². The molecule has 0 spiro atoms. The third kappa shape index (κ3) is 3.51. The summed E-state index contributed by atoms with van der Waals surface area (Å²) in [6.07, 6.45) is 0. The topological polar surface area (TPSA) is 15.3 Å². The zero-order valence-corrected chi connectivity index (χ0v) is 10.6. The van der Waals surface area contributed by atoms with Crippen molar-refractivity contribution in [2.75, 3.05) is 26.2 Å². The molecular weight excluding hydrogens is 215 g/mol. The lowest BCUT2D eigenvalue weighted by Crippen LogP contribution is -2.49. The maximum absolute atomic E-state index is 12.8. The molecule has 2 unspecified atom stereocenters. The van der Waals surface area contributed by atoms with Crippen LogP contribution in [-0.4, -0.2) is 37.1 Å². The summed E-state index contributed by atoms with van der Waals surface area (Å²) in [5.74, 6) is 0.303. The van der Waals surface area contributed by atoms with Crippen molar-refractivity contribution in [3.8, 4) is 0 Å². The van der Waals surface area contributed by atoms with Crippen molar-refractivity contribution in [1.82, 2.24) is 10.2 Å². The fourth-order valence-electron chi connectivity index (χ4n) is 2.46. The molecule has 1 fully saturated rings. The highest BCUT2D eigenvalue weighted by molar-refractivity contribution is 5.20. The number of piperazine rings is 1. The van der Waals surface area contributed by atoms with Crippen molar-refractivity contribution in [2.45, 2.75) is 25.8 Å².